The zero-order valence-electron chi connectivity index (χ0n) is 13.7. The maximum Gasteiger partial charge on any atom is 0.255 e. The molecule has 0 unspecified atom stereocenters. The Bertz CT molecular complexity index is 915. The van der Waals surface area contributed by atoms with E-state index in [4.69, 9.17) is 11.6 Å². The number of Topliss-reactive ketones (excluding diaryl/α,β-unsaturated/α-hetero) is 1. The highest BCUT2D eigenvalue weighted by molar-refractivity contribution is 8.00. The molecule has 1 aromatic heterocycles. The first-order valence-corrected chi connectivity index (χ1v) is 9.23. The molecule has 0 aliphatic rings. The summed E-state index contributed by atoms with van der Waals surface area (Å²) in [6.45, 7) is 0. The summed E-state index contributed by atoms with van der Waals surface area (Å²) in [6.07, 6.45) is 1.64. The number of carbonyl (C=O) groups is 2. The third kappa shape index (κ3) is 4.71. The largest absolute Gasteiger partial charge is 0.322 e. The van der Waals surface area contributed by atoms with Gasteiger partial charge in [0.15, 0.2) is 5.78 Å². The number of carbonyl (C=O) groups excluding carboxylic acids is 2. The van der Waals surface area contributed by atoms with E-state index in [-0.39, 0.29) is 17.4 Å². The molecular weight excluding hydrogens is 368 g/mol. The van der Waals surface area contributed by atoms with E-state index in [0.717, 1.165) is 0 Å². The summed E-state index contributed by atoms with van der Waals surface area (Å²) in [7, 11) is 0. The van der Waals surface area contributed by atoms with Crippen LogP contribution in [0.3, 0.4) is 0 Å². The highest BCUT2D eigenvalue weighted by atomic mass is 35.5. The quantitative estimate of drug-likeness (QED) is 0.483. The Labute approximate surface area is 160 Å². The zero-order chi connectivity index (χ0) is 18.4. The van der Waals surface area contributed by atoms with Crippen molar-refractivity contribution < 1.29 is 9.59 Å². The van der Waals surface area contributed by atoms with Gasteiger partial charge in [-0.15, -0.1) is 0 Å². The number of anilines is 1. The lowest BCUT2D eigenvalue weighted by Gasteiger charge is -2.07. The van der Waals surface area contributed by atoms with Crippen molar-refractivity contribution in [3.05, 3.63) is 89.1 Å². The highest BCUT2D eigenvalue weighted by Crippen LogP contribution is 2.25. The van der Waals surface area contributed by atoms with Gasteiger partial charge in [0.1, 0.15) is 5.03 Å². The summed E-state index contributed by atoms with van der Waals surface area (Å²) < 4.78 is 0. The summed E-state index contributed by atoms with van der Waals surface area (Å²) in [5.74, 6) is 0.0228. The Morgan fingerprint density at radius 1 is 0.923 bits per heavy atom. The molecule has 6 heteroatoms. The van der Waals surface area contributed by atoms with E-state index in [9.17, 15) is 9.59 Å². The minimum atomic E-state index is -0.190. The van der Waals surface area contributed by atoms with Crippen molar-refractivity contribution in [2.24, 2.45) is 0 Å². The standard InChI is InChI=1S/C20H15ClN2O2S/c21-17-7-4-12-22-20(17)26-13-18(24)14-8-10-16(11-9-14)23-19(25)15-5-2-1-3-6-15/h1-12H,13H2,(H,23,25). The first-order valence-electron chi connectivity index (χ1n) is 7.86. The molecule has 1 amide bonds. The molecule has 130 valence electrons. The van der Waals surface area contributed by atoms with Crippen molar-refractivity contribution in [1.82, 2.24) is 4.98 Å². The van der Waals surface area contributed by atoms with Gasteiger partial charge in [-0.1, -0.05) is 41.6 Å². The fourth-order valence-corrected chi connectivity index (χ4v) is 3.29. The molecule has 1 heterocycles. The Morgan fingerprint density at radius 3 is 2.35 bits per heavy atom. The predicted octanol–water partition coefficient (Wildman–Crippen LogP) is 4.96. The molecule has 0 bridgehead atoms. The van der Waals surface area contributed by atoms with Crippen LogP contribution in [0, 0.1) is 0 Å². The molecule has 0 aliphatic heterocycles. The van der Waals surface area contributed by atoms with Crippen LogP contribution >= 0.6 is 23.4 Å². The van der Waals surface area contributed by atoms with E-state index in [0.29, 0.717) is 26.9 Å². The molecule has 0 aliphatic carbocycles. The van der Waals surface area contributed by atoms with Crippen LogP contribution in [-0.2, 0) is 0 Å². The van der Waals surface area contributed by atoms with Gasteiger partial charge < -0.3 is 5.32 Å². The predicted molar refractivity (Wildman–Crippen MR) is 105 cm³/mol. The molecule has 0 fully saturated rings. The summed E-state index contributed by atoms with van der Waals surface area (Å²) in [4.78, 5) is 28.6. The molecule has 26 heavy (non-hydrogen) atoms. The highest BCUT2D eigenvalue weighted by Gasteiger charge is 2.10. The van der Waals surface area contributed by atoms with Crippen LogP contribution in [-0.4, -0.2) is 22.4 Å². The second-order valence-electron chi connectivity index (χ2n) is 5.40. The maximum absolute atomic E-state index is 12.3. The lowest BCUT2D eigenvalue weighted by Crippen LogP contribution is -2.11. The van der Waals surface area contributed by atoms with Gasteiger partial charge in [0.25, 0.3) is 5.91 Å². The number of thioether (sulfide) groups is 1. The van der Waals surface area contributed by atoms with Gasteiger partial charge in [0.2, 0.25) is 0 Å². The van der Waals surface area contributed by atoms with Gasteiger partial charge >= 0.3 is 0 Å². The third-order valence-electron chi connectivity index (χ3n) is 3.57. The zero-order valence-corrected chi connectivity index (χ0v) is 15.3. The van der Waals surface area contributed by atoms with Crippen molar-refractivity contribution in [3.8, 4) is 0 Å². The van der Waals surface area contributed by atoms with Gasteiger partial charge in [-0.2, -0.15) is 0 Å². The molecule has 0 atom stereocenters. The summed E-state index contributed by atoms with van der Waals surface area (Å²) in [5, 5.41) is 3.97. The summed E-state index contributed by atoms with van der Waals surface area (Å²) >= 11 is 7.34. The number of aromatic nitrogens is 1. The van der Waals surface area contributed by atoms with Gasteiger partial charge in [-0.25, -0.2) is 4.98 Å². The number of halogens is 1. The molecule has 3 aromatic rings. The first-order chi connectivity index (χ1) is 12.6. The number of nitrogens with zero attached hydrogens (tertiary/aromatic N) is 1. The Balaban J connectivity index is 1.59. The summed E-state index contributed by atoms with van der Waals surface area (Å²) in [5.41, 5.74) is 1.79. The van der Waals surface area contributed by atoms with Crippen molar-refractivity contribution in [2.45, 2.75) is 5.03 Å². The maximum atomic E-state index is 12.3. The molecule has 3 rings (SSSR count). The minimum Gasteiger partial charge on any atom is -0.322 e. The van der Waals surface area contributed by atoms with Gasteiger partial charge in [-0.05, 0) is 48.5 Å². The Kier molecular flexibility index (Phi) is 6.04. The molecule has 0 saturated heterocycles. The monoisotopic (exact) mass is 382 g/mol. The normalized spacial score (nSPS) is 10.3. The number of pyridine rings is 1. The molecule has 0 spiro atoms. The Hall–Kier alpha value is -2.63. The summed E-state index contributed by atoms with van der Waals surface area (Å²) in [6, 6.07) is 19.3. The molecular formula is C20H15ClN2O2S. The third-order valence-corrected chi connectivity index (χ3v) is 4.99. The molecule has 1 N–H and O–H groups in total. The van der Waals surface area contributed by atoms with Crippen molar-refractivity contribution in [2.75, 3.05) is 11.1 Å². The second-order valence-corrected chi connectivity index (χ2v) is 6.77. The van der Waals surface area contributed by atoms with Crippen LogP contribution in [0.15, 0.2) is 78.0 Å². The van der Waals surface area contributed by atoms with Crippen LogP contribution in [0.5, 0.6) is 0 Å². The van der Waals surface area contributed by atoms with Gasteiger partial charge in [-0.3, -0.25) is 9.59 Å². The van der Waals surface area contributed by atoms with Crippen LogP contribution in [0.4, 0.5) is 5.69 Å². The van der Waals surface area contributed by atoms with Crippen LogP contribution in [0.25, 0.3) is 0 Å². The van der Waals surface area contributed by atoms with E-state index in [1.165, 1.54) is 11.8 Å². The lowest BCUT2D eigenvalue weighted by molar-refractivity contribution is 0.101. The van der Waals surface area contributed by atoms with Crippen molar-refractivity contribution in [1.29, 1.82) is 0 Å². The number of hydrogen-bond acceptors (Lipinski definition) is 4. The van der Waals surface area contributed by atoms with Crippen LogP contribution in [0.2, 0.25) is 5.02 Å². The van der Waals surface area contributed by atoms with Crippen LogP contribution in [0.1, 0.15) is 20.7 Å². The fraction of sp³-hybridized carbons (Fsp3) is 0.0500. The van der Waals surface area contributed by atoms with E-state index in [1.807, 2.05) is 18.2 Å². The average Bonchev–Trinajstić information content (AvgIpc) is 2.68. The SMILES string of the molecule is O=C(CSc1ncccc1Cl)c1ccc(NC(=O)c2ccccc2)cc1. The minimum absolute atomic E-state index is 0.0299. The fourth-order valence-electron chi connectivity index (χ4n) is 2.23. The van der Waals surface area contributed by atoms with Crippen molar-refractivity contribution in [3.63, 3.8) is 0 Å². The molecule has 0 saturated carbocycles. The smallest absolute Gasteiger partial charge is 0.255 e. The molecule has 2 aromatic carbocycles. The lowest BCUT2D eigenvalue weighted by atomic mass is 10.1. The van der Waals surface area contributed by atoms with E-state index < -0.39 is 0 Å². The number of hydrogen-bond donors (Lipinski definition) is 1. The van der Waals surface area contributed by atoms with E-state index >= 15 is 0 Å². The van der Waals surface area contributed by atoms with Gasteiger partial charge in [0.05, 0.1) is 10.8 Å². The second kappa shape index (κ2) is 8.65. The van der Waals surface area contributed by atoms with Gasteiger partial charge in [0, 0.05) is 23.0 Å². The topological polar surface area (TPSA) is 59.1 Å². The average molecular weight is 383 g/mol. The Morgan fingerprint density at radius 2 is 1.65 bits per heavy atom. The first kappa shape index (κ1) is 18.2. The number of rotatable bonds is 6. The molecule has 0 radical (unpaired) electrons. The number of amides is 1. The van der Waals surface area contributed by atoms with E-state index in [2.05, 4.69) is 10.3 Å². The number of nitrogens with one attached hydrogen (secondary N) is 1. The van der Waals surface area contributed by atoms with Crippen molar-refractivity contribution >= 4 is 40.7 Å². The van der Waals surface area contributed by atoms with Crippen LogP contribution < -0.4 is 5.32 Å². The van der Waals surface area contributed by atoms with E-state index in [1.54, 1.807) is 54.7 Å². The number of benzene rings is 2. The molecule has 4 nitrogen and oxygen atoms in total. The number of ketones is 1.